The van der Waals surface area contributed by atoms with Crippen LogP contribution in [0, 0.1) is 17.8 Å². The van der Waals surface area contributed by atoms with Crippen molar-refractivity contribution in [1.82, 2.24) is 4.90 Å². The Labute approximate surface area is 119 Å². The minimum absolute atomic E-state index is 0.0101. The number of aliphatic carboxylic acids is 1. The van der Waals surface area contributed by atoms with Crippen molar-refractivity contribution < 1.29 is 24.7 Å². The first-order valence-electron chi connectivity index (χ1n) is 7.18. The van der Waals surface area contributed by atoms with Gasteiger partial charge in [0.2, 0.25) is 5.91 Å². The van der Waals surface area contributed by atoms with E-state index >= 15 is 0 Å². The highest BCUT2D eigenvalue weighted by molar-refractivity contribution is 6.40. The molecule has 2 unspecified atom stereocenters. The Morgan fingerprint density at radius 1 is 1.30 bits per heavy atom. The van der Waals surface area contributed by atoms with Crippen LogP contribution in [0.4, 0.5) is 0 Å². The highest BCUT2D eigenvalue weighted by Crippen LogP contribution is 2.29. The van der Waals surface area contributed by atoms with Crippen LogP contribution in [0.2, 0.25) is 6.32 Å². The smallest absolute Gasteiger partial charge is 0.451 e. The first-order valence-corrected chi connectivity index (χ1v) is 7.18. The van der Waals surface area contributed by atoms with Gasteiger partial charge in [0.15, 0.2) is 0 Å². The van der Waals surface area contributed by atoms with Crippen LogP contribution in [-0.2, 0) is 9.59 Å². The molecule has 0 aromatic rings. The van der Waals surface area contributed by atoms with Gasteiger partial charge in [-0.05, 0) is 24.6 Å². The number of carboxylic acids is 1. The molecule has 2 atom stereocenters. The van der Waals surface area contributed by atoms with Crippen LogP contribution in [0.25, 0.3) is 0 Å². The van der Waals surface area contributed by atoms with Crippen molar-refractivity contribution in [2.45, 2.75) is 39.4 Å². The Hall–Kier alpha value is -1.08. The lowest BCUT2D eigenvalue weighted by Gasteiger charge is -2.17. The third kappa shape index (κ3) is 5.13. The van der Waals surface area contributed by atoms with E-state index in [1.54, 1.807) is 4.90 Å². The van der Waals surface area contributed by atoms with Gasteiger partial charge in [-0.2, -0.15) is 0 Å². The molecule has 1 aliphatic heterocycles. The maximum absolute atomic E-state index is 12.0. The zero-order valence-corrected chi connectivity index (χ0v) is 12.2. The minimum atomic E-state index is -1.35. The number of carbonyl (C=O) groups excluding carboxylic acids is 1. The highest BCUT2D eigenvalue weighted by atomic mass is 16.4. The number of hydrogen-bond donors (Lipinski definition) is 3. The molecule has 1 heterocycles. The zero-order chi connectivity index (χ0) is 15.3. The van der Waals surface area contributed by atoms with Crippen molar-refractivity contribution >= 4 is 19.0 Å². The summed E-state index contributed by atoms with van der Waals surface area (Å²) >= 11 is 0. The molecule has 0 aliphatic carbocycles. The van der Waals surface area contributed by atoms with E-state index in [0.717, 1.165) is 0 Å². The molecule has 20 heavy (non-hydrogen) atoms. The van der Waals surface area contributed by atoms with Crippen molar-refractivity contribution in [3.05, 3.63) is 0 Å². The minimum Gasteiger partial charge on any atom is -0.481 e. The van der Waals surface area contributed by atoms with E-state index in [2.05, 4.69) is 0 Å². The van der Waals surface area contributed by atoms with Gasteiger partial charge >= 0.3 is 13.1 Å². The molecule has 0 aromatic heterocycles. The first-order chi connectivity index (χ1) is 9.31. The van der Waals surface area contributed by atoms with Gasteiger partial charge in [0, 0.05) is 19.5 Å². The summed E-state index contributed by atoms with van der Waals surface area (Å²) in [5.41, 5.74) is 0. The van der Waals surface area contributed by atoms with Crippen molar-refractivity contribution in [2.24, 2.45) is 17.8 Å². The van der Waals surface area contributed by atoms with Gasteiger partial charge in [-0.15, -0.1) is 0 Å². The zero-order valence-electron chi connectivity index (χ0n) is 12.2. The fraction of sp³-hybridized carbons (Fsp3) is 0.846. The molecular weight excluding hydrogens is 261 g/mol. The van der Waals surface area contributed by atoms with Gasteiger partial charge in [0.1, 0.15) is 0 Å². The van der Waals surface area contributed by atoms with E-state index in [-0.39, 0.29) is 30.6 Å². The second-order valence-corrected chi connectivity index (χ2v) is 6.01. The monoisotopic (exact) mass is 285 g/mol. The number of carbonyl (C=O) groups is 2. The fourth-order valence-corrected chi connectivity index (χ4v) is 2.69. The lowest BCUT2D eigenvalue weighted by molar-refractivity contribution is -0.142. The third-order valence-electron chi connectivity index (χ3n) is 3.73. The number of rotatable bonds is 7. The molecule has 0 aromatic carbocycles. The second-order valence-electron chi connectivity index (χ2n) is 6.01. The van der Waals surface area contributed by atoms with Crippen LogP contribution < -0.4 is 0 Å². The largest absolute Gasteiger partial charge is 0.481 e. The van der Waals surface area contributed by atoms with E-state index in [4.69, 9.17) is 10.0 Å². The topological polar surface area (TPSA) is 98.1 Å². The number of likely N-dealkylation sites (tertiary alicyclic amines) is 1. The summed E-state index contributed by atoms with van der Waals surface area (Å²) in [5, 5.41) is 26.9. The predicted molar refractivity (Wildman–Crippen MR) is 74.9 cm³/mol. The molecule has 0 bridgehead atoms. The summed E-state index contributed by atoms with van der Waals surface area (Å²) < 4.78 is 0. The number of carboxylic acid groups (broad SMARTS) is 1. The molecular formula is C13H24BNO5. The Morgan fingerprint density at radius 3 is 2.45 bits per heavy atom. The number of nitrogens with zero attached hydrogens (tertiary/aromatic N) is 1. The summed E-state index contributed by atoms with van der Waals surface area (Å²) in [6.45, 7) is 4.66. The van der Waals surface area contributed by atoms with Gasteiger partial charge < -0.3 is 20.1 Å². The standard InChI is InChI=1S/C13H24BNO5/c1-9(2)6-12(16)15-7-10(4-3-5-14(19)20)11(8-15)13(17)18/h9-11,19-20H,3-8H2,1-2H3,(H,17,18). The second kappa shape index (κ2) is 7.64. The Balaban J connectivity index is 2.55. The van der Waals surface area contributed by atoms with Crippen molar-refractivity contribution in [1.29, 1.82) is 0 Å². The average molecular weight is 285 g/mol. The maximum Gasteiger partial charge on any atom is 0.451 e. The van der Waals surface area contributed by atoms with Gasteiger partial charge in [0.25, 0.3) is 0 Å². The summed E-state index contributed by atoms with van der Waals surface area (Å²) in [6.07, 6.45) is 1.83. The summed E-state index contributed by atoms with van der Waals surface area (Å²) in [6, 6.07) is 0. The quantitative estimate of drug-likeness (QED) is 0.590. The molecule has 1 rings (SSSR count). The van der Waals surface area contributed by atoms with E-state index in [1.165, 1.54) is 0 Å². The molecule has 0 radical (unpaired) electrons. The van der Waals surface area contributed by atoms with Crippen LogP contribution in [0.15, 0.2) is 0 Å². The van der Waals surface area contributed by atoms with E-state index in [9.17, 15) is 14.7 Å². The van der Waals surface area contributed by atoms with E-state index in [1.807, 2.05) is 13.8 Å². The SMILES string of the molecule is CC(C)CC(=O)N1CC(CCCB(O)O)C(C(=O)O)C1. The molecule has 3 N–H and O–H groups in total. The maximum atomic E-state index is 12.0. The number of amides is 1. The van der Waals surface area contributed by atoms with Gasteiger partial charge in [-0.25, -0.2) is 0 Å². The summed E-state index contributed by atoms with van der Waals surface area (Å²) in [7, 11) is -1.35. The van der Waals surface area contributed by atoms with Crippen molar-refractivity contribution in [3.63, 3.8) is 0 Å². The third-order valence-corrected chi connectivity index (χ3v) is 3.73. The average Bonchev–Trinajstić information content (AvgIpc) is 2.72. The highest BCUT2D eigenvalue weighted by Gasteiger charge is 2.39. The van der Waals surface area contributed by atoms with Crippen LogP contribution >= 0.6 is 0 Å². The summed E-state index contributed by atoms with van der Waals surface area (Å²) in [5.74, 6) is -1.24. The van der Waals surface area contributed by atoms with Gasteiger partial charge in [0.05, 0.1) is 5.92 Å². The van der Waals surface area contributed by atoms with Gasteiger partial charge in [-0.3, -0.25) is 9.59 Å². The van der Waals surface area contributed by atoms with E-state index in [0.29, 0.717) is 25.8 Å². The lowest BCUT2D eigenvalue weighted by Crippen LogP contribution is -2.30. The van der Waals surface area contributed by atoms with Crippen LogP contribution in [0.5, 0.6) is 0 Å². The Kier molecular flexibility index (Phi) is 6.49. The summed E-state index contributed by atoms with van der Waals surface area (Å²) in [4.78, 5) is 24.9. The number of hydrogen-bond acceptors (Lipinski definition) is 4. The van der Waals surface area contributed by atoms with Crippen LogP contribution in [-0.4, -0.2) is 52.1 Å². The molecule has 0 spiro atoms. The molecule has 1 amide bonds. The van der Waals surface area contributed by atoms with Crippen molar-refractivity contribution in [2.75, 3.05) is 13.1 Å². The Bertz CT molecular complexity index is 348. The van der Waals surface area contributed by atoms with Crippen LogP contribution in [0.1, 0.15) is 33.1 Å². The predicted octanol–water partition coefficient (Wildman–Crippen LogP) is 0.445. The first kappa shape index (κ1) is 17.0. The molecule has 7 heteroatoms. The Morgan fingerprint density at radius 2 is 1.95 bits per heavy atom. The molecule has 1 saturated heterocycles. The van der Waals surface area contributed by atoms with Crippen LogP contribution in [0.3, 0.4) is 0 Å². The normalized spacial score (nSPS) is 22.4. The molecule has 1 aliphatic rings. The fourth-order valence-electron chi connectivity index (χ4n) is 2.69. The molecule has 0 saturated carbocycles. The molecule has 6 nitrogen and oxygen atoms in total. The molecule has 114 valence electrons. The van der Waals surface area contributed by atoms with E-state index < -0.39 is 19.0 Å². The van der Waals surface area contributed by atoms with Crippen molar-refractivity contribution in [3.8, 4) is 0 Å². The lowest BCUT2D eigenvalue weighted by atomic mass is 9.80. The molecule has 1 fully saturated rings. The van der Waals surface area contributed by atoms with Gasteiger partial charge in [-0.1, -0.05) is 20.3 Å².